The molecule has 3 fully saturated rings. The summed E-state index contributed by atoms with van der Waals surface area (Å²) in [5.41, 5.74) is 3.25. The van der Waals surface area contributed by atoms with E-state index in [9.17, 15) is 9.59 Å². The van der Waals surface area contributed by atoms with Crippen molar-refractivity contribution in [2.75, 3.05) is 13.7 Å². The highest BCUT2D eigenvalue weighted by Crippen LogP contribution is 2.38. The summed E-state index contributed by atoms with van der Waals surface area (Å²) < 4.78 is 11.6. The van der Waals surface area contributed by atoms with Crippen molar-refractivity contribution in [1.82, 2.24) is 25.6 Å². The smallest absolute Gasteiger partial charge is 0.255 e. The fourth-order valence-corrected chi connectivity index (χ4v) is 5.06. The maximum atomic E-state index is 13.2. The highest BCUT2D eigenvalue weighted by Gasteiger charge is 2.31. The third-order valence-corrected chi connectivity index (χ3v) is 7.68. The van der Waals surface area contributed by atoms with Crippen molar-refractivity contribution < 1.29 is 19.1 Å². The van der Waals surface area contributed by atoms with Crippen LogP contribution in [0.3, 0.4) is 0 Å². The van der Waals surface area contributed by atoms with Crippen molar-refractivity contribution >= 4 is 22.8 Å². The van der Waals surface area contributed by atoms with Crippen LogP contribution >= 0.6 is 0 Å². The predicted molar refractivity (Wildman–Crippen MR) is 138 cm³/mol. The van der Waals surface area contributed by atoms with Crippen molar-refractivity contribution in [2.45, 2.75) is 63.5 Å². The van der Waals surface area contributed by atoms with Crippen LogP contribution in [0, 0.1) is 11.8 Å². The quantitative estimate of drug-likeness (QED) is 0.406. The van der Waals surface area contributed by atoms with Gasteiger partial charge in [0.1, 0.15) is 29.0 Å². The Morgan fingerprint density at radius 2 is 1.76 bits per heavy atom. The molecule has 37 heavy (non-hydrogen) atoms. The lowest BCUT2D eigenvalue weighted by atomic mass is 9.85. The van der Waals surface area contributed by atoms with E-state index in [2.05, 4.69) is 25.6 Å². The number of carbonyl (C=O) groups excluding carboxylic acids is 2. The summed E-state index contributed by atoms with van der Waals surface area (Å²) >= 11 is 0. The second kappa shape index (κ2) is 10.0. The fourth-order valence-electron chi connectivity index (χ4n) is 5.06. The number of methoxy groups -OCH3 is 1. The van der Waals surface area contributed by atoms with Crippen LogP contribution in [0.2, 0.25) is 0 Å². The topological polar surface area (TPSA) is 118 Å². The molecule has 0 spiro atoms. The van der Waals surface area contributed by atoms with Crippen LogP contribution in [0.1, 0.15) is 61.7 Å². The maximum absolute atomic E-state index is 13.2. The van der Waals surface area contributed by atoms with Gasteiger partial charge in [-0.25, -0.2) is 9.97 Å². The molecule has 0 atom stereocenters. The Hall–Kier alpha value is -3.62. The van der Waals surface area contributed by atoms with Crippen molar-refractivity contribution in [1.29, 1.82) is 0 Å². The highest BCUT2D eigenvalue weighted by atomic mass is 16.5. The molecule has 3 saturated carbocycles. The molecule has 9 heteroatoms. The number of nitrogens with one attached hydrogen (secondary N) is 3. The average Bonchev–Trinajstić information content (AvgIpc) is 3.86. The second-order valence-corrected chi connectivity index (χ2v) is 10.6. The highest BCUT2D eigenvalue weighted by molar-refractivity contribution is 6.08. The van der Waals surface area contributed by atoms with Crippen molar-refractivity contribution in [3.63, 3.8) is 0 Å². The van der Waals surface area contributed by atoms with Gasteiger partial charge in [-0.1, -0.05) is 0 Å². The third kappa shape index (κ3) is 5.26. The average molecular weight is 504 g/mol. The van der Waals surface area contributed by atoms with Crippen LogP contribution in [-0.4, -0.2) is 52.6 Å². The first kappa shape index (κ1) is 23.8. The minimum Gasteiger partial charge on any atom is -0.497 e. The number of ether oxygens (including phenoxy) is 2. The van der Waals surface area contributed by atoms with E-state index in [1.807, 2.05) is 18.2 Å². The van der Waals surface area contributed by atoms with E-state index >= 15 is 0 Å². The van der Waals surface area contributed by atoms with Crippen LogP contribution in [0.4, 0.5) is 0 Å². The molecule has 2 heterocycles. The Morgan fingerprint density at radius 1 is 1.00 bits per heavy atom. The van der Waals surface area contributed by atoms with Crippen LogP contribution in [0.25, 0.3) is 22.3 Å². The van der Waals surface area contributed by atoms with Gasteiger partial charge in [0.05, 0.1) is 24.8 Å². The summed E-state index contributed by atoms with van der Waals surface area (Å²) in [6, 6.07) is 6.13. The molecule has 2 aromatic heterocycles. The number of aromatic amines is 1. The Kier molecular flexibility index (Phi) is 6.44. The minimum absolute atomic E-state index is 0.0488. The maximum Gasteiger partial charge on any atom is 0.255 e. The van der Waals surface area contributed by atoms with Crippen molar-refractivity contribution in [2.24, 2.45) is 11.8 Å². The largest absolute Gasteiger partial charge is 0.497 e. The van der Waals surface area contributed by atoms with Crippen LogP contribution in [-0.2, 0) is 4.79 Å². The van der Waals surface area contributed by atoms with Crippen LogP contribution in [0.15, 0.2) is 30.7 Å². The fraction of sp³-hybridized carbons (Fsp3) is 0.500. The number of rotatable bonds is 9. The summed E-state index contributed by atoms with van der Waals surface area (Å²) in [7, 11) is 1.63. The van der Waals surface area contributed by atoms with Gasteiger partial charge in [0, 0.05) is 35.8 Å². The molecule has 6 rings (SSSR count). The van der Waals surface area contributed by atoms with Gasteiger partial charge < -0.3 is 25.1 Å². The lowest BCUT2D eigenvalue weighted by Gasteiger charge is -2.28. The Balaban J connectivity index is 1.18. The summed E-state index contributed by atoms with van der Waals surface area (Å²) in [5.74, 6) is 2.08. The zero-order valence-corrected chi connectivity index (χ0v) is 21.1. The van der Waals surface area contributed by atoms with Gasteiger partial charge in [0.15, 0.2) is 0 Å². The zero-order valence-electron chi connectivity index (χ0n) is 21.1. The van der Waals surface area contributed by atoms with E-state index in [1.54, 1.807) is 13.3 Å². The first-order chi connectivity index (χ1) is 18.1. The molecule has 194 valence electrons. The SMILES string of the molecule is COc1ccc(-c2ncnc3c(C(=O)N[C@H]4CC[C@H](C(=O)NC5CC5)CC4)c[nH]c23)c(OCC2CC2)c1. The van der Waals surface area contributed by atoms with Gasteiger partial charge >= 0.3 is 0 Å². The van der Waals surface area contributed by atoms with E-state index in [0.717, 1.165) is 44.1 Å². The number of nitrogens with zero attached hydrogens (tertiary/aromatic N) is 2. The summed E-state index contributed by atoms with van der Waals surface area (Å²) in [6.45, 7) is 0.664. The second-order valence-electron chi connectivity index (χ2n) is 10.6. The standard InChI is InChI=1S/C28H33N5O4/c1-36-20-10-11-21(23(12-20)37-14-16-2-3-16)24-26-25(31-15-30-24)22(13-29-26)28(35)33-18-6-4-17(5-7-18)27(34)32-19-8-9-19/h10-13,15-19,29H,2-9,14H2,1H3,(H,32,34)(H,33,35)/t17-,18-. The van der Waals surface area contributed by atoms with E-state index < -0.39 is 0 Å². The van der Waals surface area contributed by atoms with Gasteiger partial charge in [-0.3, -0.25) is 9.59 Å². The molecular weight excluding hydrogens is 470 g/mol. The summed E-state index contributed by atoms with van der Waals surface area (Å²) in [6.07, 6.45) is 11.0. The van der Waals surface area contributed by atoms with Crippen molar-refractivity contribution in [3.05, 3.63) is 36.3 Å². The minimum atomic E-state index is -0.165. The number of fused-ring (bicyclic) bond motifs is 1. The molecule has 3 N–H and O–H groups in total. The molecule has 0 saturated heterocycles. The number of hydrogen-bond acceptors (Lipinski definition) is 6. The van der Waals surface area contributed by atoms with Gasteiger partial charge in [0.25, 0.3) is 5.91 Å². The van der Waals surface area contributed by atoms with Gasteiger partial charge in [0.2, 0.25) is 5.91 Å². The van der Waals surface area contributed by atoms with E-state index in [1.165, 1.54) is 19.2 Å². The lowest BCUT2D eigenvalue weighted by Crippen LogP contribution is -2.41. The molecule has 0 unspecified atom stereocenters. The lowest BCUT2D eigenvalue weighted by molar-refractivity contribution is -0.126. The first-order valence-electron chi connectivity index (χ1n) is 13.3. The zero-order chi connectivity index (χ0) is 25.4. The number of H-pyrrole nitrogens is 1. The van der Waals surface area contributed by atoms with Crippen molar-refractivity contribution in [3.8, 4) is 22.8 Å². The number of benzene rings is 1. The normalized spacial score (nSPS) is 21.4. The van der Waals surface area contributed by atoms with Crippen LogP contribution < -0.4 is 20.1 Å². The molecule has 0 aliphatic heterocycles. The molecule has 0 radical (unpaired) electrons. The number of aromatic nitrogens is 3. The van der Waals surface area contributed by atoms with Gasteiger partial charge in [-0.15, -0.1) is 0 Å². The molecular formula is C28H33N5O4. The van der Waals surface area contributed by atoms with Gasteiger partial charge in [-0.05, 0) is 69.4 Å². The molecule has 1 aromatic carbocycles. The number of carbonyl (C=O) groups is 2. The molecule has 3 aliphatic carbocycles. The summed E-state index contributed by atoms with van der Waals surface area (Å²) in [5, 5.41) is 6.27. The Bertz CT molecular complexity index is 1310. The van der Waals surface area contributed by atoms with Gasteiger partial charge in [-0.2, -0.15) is 0 Å². The Labute approximate surface area is 215 Å². The summed E-state index contributed by atoms with van der Waals surface area (Å²) in [4.78, 5) is 37.8. The molecule has 9 nitrogen and oxygen atoms in total. The predicted octanol–water partition coefficient (Wildman–Crippen LogP) is 3.99. The Morgan fingerprint density at radius 3 is 2.49 bits per heavy atom. The number of amides is 2. The van der Waals surface area contributed by atoms with E-state index in [4.69, 9.17) is 9.47 Å². The number of hydrogen-bond donors (Lipinski definition) is 3. The monoisotopic (exact) mass is 503 g/mol. The van der Waals surface area contributed by atoms with E-state index in [0.29, 0.717) is 52.4 Å². The van der Waals surface area contributed by atoms with Crippen LogP contribution in [0.5, 0.6) is 11.5 Å². The molecule has 3 aromatic rings. The third-order valence-electron chi connectivity index (χ3n) is 7.68. The molecule has 2 amide bonds. The molecule has 0 bridgehead atoms. The first-order valence-corrected chi connectivity index (χ1v) is 13.3. The van der Waals surface area contributed by atoms with E-state index in [-0.39, 0.29) is 23.8 Å². The molecule has 3 aliphatic rings.